The molecular formula is C16H14Cl2OP-. The quantitative estimate of drug-likeness (QED) is 0.765. The summed E-state index contributed by atoms with van der Waals surface area (Å²) in [6.07, 6.45) is 0. The van der Waals surface area contributed by atoms with Crippen molar-refractivity contribution in [3.8, 4) is 0 Å². The van der Waals surface area contributed by atoms with Crippen molar-refractivity contribution in [3.63, 3.8) is 0 Å². The van der Waals surface area contributed by atoms with Crippen molar-refractivity contribution in [3.05, 3.63) is 62.6 Å². The zero-order chi connectivity index (χ0) is 14.9. The fourth-order valence-electron chi connectivity index (χ4n) is 2.21. The third-order valence-corrected chi connectivity index (χ3v) is 5.01. The first kappa shape index (κ1) is 15.5. The molecule has 2 aromatic rings. The Labute approximate surface area is 131 Å². The van der Waals surface area contributed by atoms with Crippen LogP contribution in [0.15, 0.2) is 30.3 Å². The fraction of sp³-hybridized carbons (Fsp3) is 0.188. The van der Waals surface area contributed by atoms with Crippen molar-refractivity contribution >= 4 is 42.2 Å². The SMILES string of the molecule is Cc1cc(C)c(P=C([O-])c2c(Cl)cccc2Cl)c(C)c1. The third kappa shape index (κ3) is 3.24. The highest BCUT2D eigenvalue weighted by atomic mass is 35.5. The van der Waals surface area contributed by atoms with Crippen LogP contribution in [0.5, 0.6) is 0 Å². The lowest BCUT2D eigenvalue weighted by Gasteiger charge is -2.17. The Morgan fingerprint density at radius 2 is 1.50 bits per heavy atom. The lowest BCUT2D eigenvalue weighted by atomic mass is 10.1. The van der Waals surface area contributed by atoms with Crippen LogP contribution in [0.2, 0.25) is 10.0 Å². The third-order valence-electron chi connectivity index (χ3n) is 3.03. The van der Waals surface area contributed by atoms with Crippen molar-refractivity contribution < 1.29 is 5.11 Å². The summed E-state index contributed by atoms with van der Waals surface area (Å²) in [4.78, 5) is 0. The van der Waals surface area contributed by atoms with Crippen LogP contribution in [0.25, 0.3) is 0 Å². The second kappa shape index (κ2) is 6.28. The predicted molar refractivity (Wildman–Crippen MR) is 87.8 cm³/mol. The molecule has 4 heteroatoms. The van der Waals surface area contributed by atoms with Gasteiger partial charge in [-0.1, -0.05) is 55.2 Å². The van der Waals surface area contributed by atoms with E-state index in [2.05, 4.69) is 12.1 Å². The molecule has 0 unspecified atom stereocenters. The Kier molecular flexibility index (Phi) is 4.88. The molecule has 0 saturated heterocycles. The molecule has 0 bridgehead atoms. The van der Waals surface area contributed by atoms with Crippen molar-refractivity contribution in [2.75, 3.05) is 0 Å². The first-order chi connectivity index (χ1) is 9.40. The van der Waals surface area contributed by atoms with Gasteiger partial charge in [-0.15, -0.1) is 5.48 Å². The summed E-state index contributed by atoms with van der Waals surface area (Å²) in [7, 11) is 0.607. The molecule has 0 spiro atoms. The van der Waals surface area contributed by atoms with Gasteiger partial charge >= 0.3 is 0 Å². The van der Waals surface area contributed by atoms with E-state index >= 15 is 0 Å². The van der Waals surface area contributed by atoms with Crippen molar-refractivity contribution in [1.29, 1.82) is 0 Å². The van der Waals surface area contributed by atoms with Crippen LogP contribution in [-0.2, 0) is 0 Å². The molecular weight excluding hydrogens is 310 g/mol. The maximum atomic E-state index is 12.5. The van der Waals surface area contributed by atoms with Gasteiger partial charge in [0.1, 0.15) is 0 Å². The normalized spacial score (nSPS) is 11.8. The zero-order valence-corrected chi connectivity index (χ0v) is 13.9. The summed E-state index contributed by atoms with van der Waals surface area (Å²) in [5, 5.41) is 14.3. The van der Waals surface area contributed by atoms with Crippen LogP contribution < -0.4 is 10.4 Å². The van der Waals surface area contributed by atoms with E-state index in [4.69, 9.17) is 23.2 Å². The molecule has 0 aliphatic rings. The first-order valence-corrected chi connectivity index (χ1v) is 7.83. The second-order valence-electron chi connectivity index (χ2n) is 4.76. The summed E-state index contributed by atoms with van der Waals surface area (Å²) >= 11 is 12.2. The van der Waals surface area contributed by atoms with E-state index < -0.39 is 0 Å². The molecule has 0 radical (unpaired) electrons. The van der Waals surface area contributed by atoms with E-state index in [0.717, 1.165) is 16.4 Å². The van der Waals surface area contributed by atoms with Crippen LogP contribution in [-0.4, -0.2) is 5.48 Å². The molecule has 2 rings (SSSR count). The Morgan fingerprint density at radius 3 is 2.00 bits per heavy atom. The van der Waals surface area contributed by atoms with Crippen LogP contribution >= 0.6 is 31.4 Å². The number of hydrogen-bond donors (Lipinski definition) is 0. The standard InChI is InChI=1S/C16H15Cl2OP/c1-9-7-10(2)15(11(3)8-9)20-16(19)14-12(17)5-4-6-13(14)18/h4-8,19H,1-3H3/p-1. The number of benzene rings is 2. The van der Waals surface area contributed by atoms with Gasteiger partial charge in [-0.2, -0.15) is 0 Å². The van der Waals surface area contributed by atoms with Crippen molar-refractivity contribution in [2.24, 2.45) is 0 Å². The van der Waals surface area contributed by atoms with Crippen LogP contribution in [0.3, 0.4) is 0 Å². The highest BCUT2D eigenvalue weighted by Gasteiger charge is 2.06. The highest BCUT2D eigenvalue weighted by Crippen LogP contribution is 2.26. The summed E-state index contributed by atoms with van der Waals surface area (Å²) in [6, 6.07) is 9.27. The molecule has 0 atom stereocenters. The minimum Gasteiger partial charge on any atom is -0.823 e. The van der Waals surface area contributed by atoms with Gasteiger partial charge in [0.15, 0.2) is 0 Å². The minimum absolute atomic E-state index is 0.0735. The molecule has 104 valence electrons. The molecule has 0 N–H and O–H groups in total. The van der Waals surface area contributed by atoms with Gasteiger partial charge in [-0.3, -0.25) is 0 Å². The number of hydrogen-bond acceptors (Lipinski definition) is 1. The Hall–Kier alpha value is -0.850. The Balaban J connectivity index is 2.56. The molecule has 0 aromatic heterocycles. The fourth-order valence-corrected chi connectivity index (χ4v) is 3.95. The van der Waals surface area contributed by atoms with E-state index in [1.165, 1.54) is 5.56 Å². The summed E-state index contributed by atoms with van der Waals surface area (Å²) in [6.45, 7) is 6.08. The number of halogens is 2. The Bertz CT molecular complexity index is 650. The topological polar surface area (TPSA) is 23.1 Å². The zero-order valence-electron chi connectivity index (χ0n) is 11.5. The molecule has 2 aromatic carbocycles. The van der Waals surface area contributed by atoms with Gasteiger partial charge < -0.3 is 5.11 Å². The molecule has 0 heterocycles. The van der Waals surface area contributed by atoms with E-state index in [-0.39, 0.29) is 5.48 Å². The van der Waals surface area contributed by atoms with E-state index in [0.29, 0.717) is 23.8 Å². The summed E-state index contributed by atoms with van der Waals surface area (Å²) < 4.78 is 0. The maximum absolute atomic E-state index is 12.5. The summed E-state index contributed by atoms with van der Waals surface area (Å²) in [5.41, 5.74) is 3.75. The van der Waals surface area contributed by atoms with Crippen molar-refractivity contribution in [2.45, 2.75) is 20.8 Å². The van der Waals surface area contributed by atoms with Gasteiger partial charge in [-0.05, 0) is 44.0 Å². The average Bonchev–Trinajstić information content (AvgIpc) is 2.33. The largest absolute Gasteiger partial charge is 0.823 e. The van der Waals surface area contributed by atoms with Gasteiger partial charge in [0.05, 0.1) is 0 Å². The highest BCUT2D eigenvalue weighted by molar-refractivity contribution is 7.49. The molecule has 0 amide bonds. The molecule has 1 nitrogen and oxygen atoms in total. The van der Waals surface area contributed by atoms with E-state index in [9.17, 15) is 5.11 Å². The predicted octanol–water partition coefficient (Wildman–Crippen LogP) is 4.03. The van der Waals surface area contributed by atoms with Gasteiger partial charge in [-0.25, -0.2) is 0 Å². The van der Waals surface area contributed by atoms with E-state index in [1.54, 1.807) is 18.2 Å². The first-order valence-electron chi connectivity index (χ1n) is 6.18. The molecule has 0 fully saturated rings. The molecule has 0 aliphatic carbocycles. The van der Waals surface area contributed by atoms with Gasteiger partial charge in [0, 0.05) is 20.9 Å². The molecule has 0 aliphatic heterocycles. The minimum atomic E-state index is -0.0735. The maximum Gasteiger partial charge on any atom is 0.0486 e. The molecule has 0 saturated carbocycles. The number of aryl methyl sites for hydroxylation is 3. The monoisotopic (exact) mass is 323 g/mol. The lowest BCUT2D eigenvalue weighted by molar-refractivity contribution is -0.206. The van der Waals surface area contributed by atoms with Crippen LogP contribution in [0.1, 0.15) is 22.3 Å². The van der Waals surface area contributed by atoms with E-state index in [1.807, 2.05) is 20.8 Å². The van der Waals surface area contributed by atoms with Gasteiger partial charge in [0.2, 0.25) is 0 Å². The second-order valence-corrected chi connectivity index (χ2v) is 6.65. The van der Waals surface area contributed by atoms with Crippen LogP contribution in [0.4, 0.5) is 0 Å². The van der Waals surface area contributed by atoms with Crippen molar-refractivity contribution in [1.82, 2.24) is 0 Å². The van der Waals surface area contributed by atoms with Crippen LogP contribution in [0, 0.1) is 20.8 Å². The van der Waals surface area contributed by atoms with Gasteiger partial charge in [0.25, 0.3) is 0 Å². The smallest absolute Gasteiger partial charge is 0.0486 e. The Morgan fingerprint density at radius 1 is 1.00 bits per heavy atom. The average molecular weight is 324 g/mol. The molecule has 20 heavy (non-hydrogen) atoms. The number of rotatable bonds is 2. The lowest BCUT2D eigenvalue weighted by Crippen LogP contribution is -2.20. The summed E-state index contributed by atoms with van der Waals surface area (Å²) in [5.74, 6) is 0.